The number of allylic oxidation sites excluding steroid dienone is 1. The van der Waals surface area contributed by atoms with Crippen molar-refractivity contribution in [3.63, 3.8) is 0 Å². The first-order chi connectivity index (χ1) is 14.1. The second-order valence-corrected chi connectivity index (χ2v) is 8.01. The van der Waals surface area contributed by atoms with Crippen molar-refractivity contribution < 1.29 is 13.9 Å². The van der Waals surface area contributed by atoms with Crippen LogP contribution < -0.4 is 0 Å². The van der Waals surface area contributed by atoms with Crippen LogP contribution >= 0.6 is 0 Å². The summed E-state index contributed by atoms with van der Waals surface area (Å²) in [6.45, 7) is 5.17. The zero-order valence-corrected chi connectivity index (χ0v) is 16.9. The number of fused-ring (bicyclic) bond motifs is 1. The first-order valence-electron chi connectivity index (χ1n) is 10.6. The summed E-state index contributed by atoms with van der Waals surface area (Å²) in [5, 5.41) is 0. The van der Waals surface area contributed by atoms with E-state index >= 15 is 0 Å². The second-order valence-electron chi connectivity index (χ2n) is 8.01. The molecule has 2 aromatic carbocycles. The number of esters is 1. The molecule has 4 rings (SSSR count). The zero-order valence-electron chi connectivity index (χ0n) is 16.9. The highest BCUT2D eigenvalue weighted by Gasteiger charge is 2.33. The maximum atomic E-state index is 13.1. The van der Waals surface area contributed by atoms with E-state index in [0.717, 1.165) is 38.0 Å². The molecule has 0 radical (unpaired) electrons. The summed E-state index contributed by atoms with van der Waals surface area (Å²) in [4.78, 5) is 14.7. The number of rotatable bonds is 6. The monoisotopic (exact) mass is 393 g/mol. The van der Waals surface area contributed by atoms with Gasteiger partial charge in [0.2, 0.25) is 0 Å². The van der Waals surface area contributed by atoms with Crippen molar-refractivity contribution in [2.45, 2.75) is 38.6 Å². The van der Waals surface area contributed by atoms with Crippen molar-refractivity contribution >= 4 is 12.0 Å². The lowest BCUT2D eigenvalue weighted by atomic mass is 9.80. The van der Waals surface area contributed by atoms with Crippen LogP contribution in [0.5, 0.6) is 0 Å². The summed E-state index contributed by atoms with van der Waals surface area (Å²) in [6, 6.07) is 15.2. The molecule has 0 spiro atoms. The number of hydrogen-bond acceptors (Lipinski definition) is 3. The van der Waals surface area contributed by atoms with Gasteiger partial charge in [0.05, 0.1) is 13.0 Å². The Balaban J connectivity index is 1.42. The van der Waals surface area contributed by atoms with Crippen LogP contribution in [0.25, 0.3) is 6.08 Å². The molecule has 1 unspecified atom stereocenters. The van der Waals surface area contributed by atoms with Gasteiger partial charge in [-0.25, -0.2) is 4.39 Å². The number of ether oxygens (including phenoxy) is 1. The number of piperidine rings is 1. The molecule has 0 aromatic heterocycles. The van der Waals surface area contributed by atoms with Crippen LogP contribution in [-0.2, 0) is 16.1 Å². The lowest BCUT2D eigenvalue weighted by Crippen LogP contribution is -2.34. The zero-order chi connectivity index (χ0) is 20.2. The van der Waals surface area contributed by atoms with Crippen LogP contribution in [0.1, 0.15) is 48.8 Å². The number of benzene rings is 2. The quantitative estimate of drug-likeness (QED) is 0.634. The largest absolute Gasteiger partial charge is 0.466 e. The molecule has 3 nitrogen and oxygen atoms in total. The van der Waals surface area contributed by atoms with Crippen LogP contribution in [0.15, 0.2) is 54.1 Å². The minimum atomic E-state index is -0.187. The van der Waals surface area contributed by atoms with Gasteiger partial charge < -0.3 is 4.74 Å². The van der Waals surface area contributed by atoms with Crippen LogP contribution in [0.4, 0.5) is 4.39 Å². The Hall–Kier alpha value is -2.46. The van der Waals surface area contributed by atoms with E-state index in [1.165, 1.54) is 28.8 Å². The highest BCUT2D eigenvalue weighted by Crippen LogP contribution is 2.45. The lowest BCUT2D eigenvalue weighted by Gasteiger charge is -2.34. The van der Waals surface area contributed by atoms with Crippen LogP contribution in [0.3, 0.4) is 0 Å². The van der Waals surface area contributed by atoms with Crippen molar-refractivity contribution in [3.05, 3.63) is 76.6 Å². The van der Waals surface area contributed by atoms with Gasteiger partial charge in [-0.15, -0.1) is 0 Å². The van der Waals surface area contributed by atoms with Crippen LogP contribution in [0, 0.1) is 11.7 Å². The summed E-state index contributed by atoms with van der Waals surface area (Å²) in [7, 11) is 0. The average molecular weight is 394 g/mol. The number of likely N-dealkylation sites (tertiary alicyclic amines) is 1. The third kappa shape index (κ3) is 4.59. The molecule has 1 saturated heterocycles. The van der Waals surface area contributed by atoms with Gasteiger partial charge in [-0.3, -0.25) is 9.69 Å². The van der Waals surface area contributed by atoms with Gasteiger partial charge in [-0.1, -0.05) is 48.0 Å². The molecule has 2 aliphatic rings. The molecule has 1 aliphatic carbocycles. The van der Waals surface area contributed by atoms with E-state index in [1.54, 1.807) is 0 Å². The number of carbonyl (C=O) groups excluding carboxylic acids is 1. The van der Waals surface area contributed by atoms with E-state index < -0.39 is 0 Å². The average Bonchev–Trinajstić information content (AvgIpc) is 3.09. The summed E-state index contributed by atoms with van der Waals surface area (Å²) >= 11 is 0. The first kappa shape index (κ1) is 19.8. The highest BCUT2D eigenvalue weighted by molar-refractivity contribution is 5.75. The molecule has 0 amide bonds. The van der Waals surface area contributed by atoms with E-state index in [0.29, 0.717) is 18.9 Å². The molecule has 1 heterocycles. The summed E-state index contributed by atoms with van der Waals surface area (Å²) < 4.78 is 18.4. The molecule has 1 atom stereocenters. The number of nitrogens with zero attached hydrogens (tertiary/aromatic N) is 1. The van der Waals surface area contributed by atoms with Gasteiger partial charge >= 0.3 is 5.97 Å². The van der Waals surface area contributed by atoms with Crippen molar-refractivity contribution in [1.29, 1.82) is 0 Å². The highest BCUT2D eigenvalue weighted by atomic mass is 19.1. The van der Waals surface area contributed by atoms with Gasteiger partial charge in [0.1, 0.15) is 5.82 Å². The normalized spacial score (nSPS) is 19.7. The van der Waals surface area contributed by atoms with E-state index in [2.05, 4.69) is 35.2 Å². The fraction of sp³-hybridized carbons (Fsp3) is 0.400. The Kier molecular flexibility index (Phi) is 6.10. The van der Waals surface area contributed by atoms with Gasteiger partial charge in [0, 0.05) is 12.5 Å². The predicted octanol–water partition coefficient (Wildman–Crippen LogP) is 5.17. The van der Waals surface area contributed by atoms with Crippen LogP contribution in [0.2, 0.25) is 0 Å². The molecule has 0 bridgehead atoms. The first-order valence-corrected chi connectivity index (χ1v) is 10.6. The van der Waals surface area contributed by atoms with E-state index in [-0.39, 0.29) is 17.7 Å². The Morgan fingerprint density at radius 1 is 1.10 bits per heavy atom. The number of halogens is 1. The third-order valence-corrected chi connectivity index (χ3v) is 6.15. The predicted molar refractivity (Wildman–Crippen MR) is 113 cm³/mol. The smallest absolute Gasteiger partial charge is 0.306 e. The molecule has 152 valence electrons. The molecule has 2 aromatic rings. The molecular formula is C25H28FNO2. The van der Waals surface area contributed by atoms with Crippen molar-refractivity contribution in [2.24, 2.45) is 5.92 Å². The number of hydrogen-bond donors (Lipinski definition) is 0. The van der Waals surface area contributed by atoms with Crippen molar-refractivity contribution in [1.82, 2.24) is 4.90 Å². The topological polar surface area (TPSA) is 29.5 Å². The molecule has 29 heavy (non-hydrogen) atoms. The van der Waals surface area contributed by atoms with Gasteiger partial charge in [0.25, 0.3) is 0 Å². The van der Waals surface area contributed by atoms with Crippen LogP contribution in [-0.4, -0.2) is 30.6 Å². The summed E-state index contributed by atoms with van der Waals surface area (Å²) in [5.41, 5.74) is 5.04. The maximum absolute atomic E-state index is 13.1. The summed E-state index contributed by atoms with van der Waals surface area (Å²) in [6.07, 6.45) is 4.90. The Labute approximate surface area is 172 Å². The number of carbonyl (C=O) groups is 1. The fourth-order valence-corrected chi connectivity index (χ4v) is 4.71. The van der Waals surface area contributed by atoms with Crippen molar-refractivity contribution in [3.8, 4) is 0 Å². The molecule has 1 aliphatic heterocycles. The Morgan fingerprint density at radius 2 is 1.83 bits per heavy atom. The standard InChI is InChI=1S/C25H28FNO2/c1-2-29-25(28)16-24-22-6-4-3-5-20(22)15-23(24)19-11-13-27(14-12-19)17-18-7-9-21(26)10-8-18/h3-10,15,19,24H,2,11-14,16-17H2,1H3. The van der Waals surface area contributed by atoms with Gasteiger partial charge in [0.15, 0.2) is 0 Å². The SMILES string of the molecule is CCOC(=O)CC1C(C2CCN(Cc3ccc(F)cc3)CC2)=Cc2ccccc21. The lowest BCUT2D eigenvalue weighted by molar-refractivity contribution is -0.143. The van der Waals surface area contributed by atoms with E-state index in [1.807, 2.05) is 19.1 Å². The Bertz CT molecular complexity index is 882. The van der Waals surface area contributed by atoms with Gasteiger partial charge in [-0.2, -0.15) is 0 Å². The van der Waals surface area contributed by atoms with Gasteiger partial charge in [-0.05, 0) is 67.6 Å². The molecular weight excluding hydrogens is 365 g/mol. The molecule has 0 saturated carbocycles. The van der Waals surface area contributed by atoms with E-state index in [9.17, 15) is 9.18 Å². The molecule has 4 heteroatoms. The minimum absolute atomic E-state index is 0.117. The Morgan fingerprint density at radius 3 is 2.55 bits per heavy atom. The third-order valence-electron chi connectivity index (χ3n) is 6.15. The van der Waals surface area contributed by atoms with E-state index in [4.69, 9.17) is 4.74 Å². The van der Waals surface area contributed by atoms with Crippen molar-refractivity contribution in [2.75, 3.05) is 19.7 Å². The maximum Gasteiger partial charge on any atom is 0.306 e. The minimum Gasteiger partial charge on any atom is -0.466 e. The summed E-state index contributed by atoms with van der Waals surface area (Å²) in [5.74, 6) is 0.326. The second kappa shape index (κ2) is 8.91. The molecule has 1 fully saturated rings. The fourth-order valence-electron chi connectivity index (χ4n) is 4.71. The molecule has 0 N–H and O–H groups in total.